The lowest BCUT2D eigenvalue weighted by molar-refractivity contribution is 0.0950. The summed E-state index contributed by atoms with van der Waals surface area (Å²) < 4.78 is 6.50. The Morgan fingerprint density at radius 3 is 2.85 bits per heavy atom. The number of hydrogen-bond donors (Lipinski definition) is 2. The van der Waals surface area contributed by atoms with E-state index in [1.54, 1.807) is 31.5 Å². The summed E-state index contributed by atoms with van der Waals surface area (Å²) in [6, 6.07) is 17.7. The highest BCUT2D eigenvalue weighted by atomic mass is 32.1. The number of nitrogens with zero attached hydrogens (tertiary/aromatic N) is 4. The quantitative estimate of drug-likeness (QED) is 0.401. The third-order valence-corrected chi connectivity index (χ3v) is 5.76. The van der Waals surface area contributed by atoms with Gasteiger partial charge in [0.1, 0.15) is 5.75 Å². The normalized spacial score (nSPS) is 10.9. The predicted octanol–water partition coefficient (Wildman–Crippen LogP) is 3.38. The first kappa shape index (κ1) is 20.6. The summed E-state index contributed by atoms with van der Waals surface area (Å²) in [5.41, 5.74) is 2.07. The number of anilines is 2. The first-order chi connectivity index (χ1) is 16.1. The molecule has 0 unspecified atom stereocenters. The standard InChI is InChI=1S/C23H18N6O3S/c1-32-17-7-4-6-15(12-17)26-22-28-29-21(31)18-9-8-14(11-19(18)27-23(29)33-22)20(30)25-13-16-5-2-3-10-24-16/h2-12H,13H2,1H3,(H,25,30)(H,26,28). The summed E-state index contributed by atoms with van der Waals surface area (Å²) in [7, 11) is 1.60. The van der Waals surface area contributed by atoms with Crippen LogP contribution in [0.25, 0.3) is 15.9 Å². The SMILES string of the molecule is COc1cccc(Nc2nn3c(=O)c4ccc(C(=O)NCc5ccccn5)cc4nc3s2)c1. The average molecular weight is 459 g/mol. The molecule has 2 N–H and O–H groups in total. The van der Waals surface area contributed by atoms with Crippen LogP contribution in [0.2, 0.25) is 0 Å². The molecule has 5 aromatic rings. The smallest absolute Gasteiger partial charge is 0.283 e. The highest BCUT2D eigenvalue weighted by Gasteiger charge is 2.14. The van der Waals surface area contributed by atoms with Crippen LogP contribution in [0.3, 0.4) is 0 Å². The van der Waals surface area contributed by atoms with Gasteiger partial charge in [-0.05, 0) is 42.5 Å². The zero-order valence-corrected chi connectivity index (χ0v) is 18.3. The highest BCUT2D eigenvalue weighted by molar-refractivity contribution is 7.20. The maximum atomic E-state index is 13.0. The van der Waals surface area contributed by atoms with Crippen LogP contribution in [0.15, 0.2) is 71.7 Å². The third kappa shape index (κ3) is 4.23. The van der Waals surface area contributed by atoms with Crippen LogP contribution >= 0.6 is 11.3 Å². The first-order valence-electron chi connectivity index (χ1n) is 10.0. The van der Waals surface area contributed by atoms with E-state index in [0.29, 0.717) is 38.9 Å². The van der Waals surface area contributed by atoms with Gasteiger partial charge in [0.25, 0.3) is 11.5 Å². The molecule has 9 nitrogen and oxygen atoms in total. The van der Waals surface area contributed by atoms with E-state index in [4.69, 9.17) is 4.74 Å². The molecule has 164 valence electrons. The Bertz CT molecular complexity index is 1530. The maximum absolute atomic E-state index is 13.0. The minimum Gasteiger partial charge on any atom is -0.497 e. The highest BCUT2D eigenvalue weighted by Crippen LogP contribution is 2.25. The molecule has 33 heavy (non-hydrogen) atoms. The summed E-state index contributed by atoms with van der Waals surface area (Å²) in [5.74, 6) is 0.435. The molecule has 0 spiro atoms. The molecular weight excluding hydrogens is 440 g/mol. The van der Waals surface area contributed by atoms with Crippen molar-refractivity contribution >= 4 is 43.9 Å². The summed E-state index contributed by atoms with van der Waals surface area (Å²) in [5, 5.41) is 11.2. The van der Waals surface area contributed by atoms with E-state index in [1.807, 2.05) is 42.5 Å². The average Bonchev–Trinajstić information content (AvgIpc) is 3.25. The Labute approximate surface area is 191 Å². The fourth-order valence-electron chi connectivity index (χ4n) is 3.30. The van der Waals surface area contributed by atoms with Crippen molar-refractivity contribution < 1.29 is 9.53 Å². The zero-order valence-electron chi connectivity index (χ0n) is 17.5. The molecule has 0 aliphatic rings. The topological polar surface area (TPSA) is 111 Å². The number of rotatable bonds is 6. The van der Waals surface area contributed by atoms with Gasteiger partial charge >= 0.3 is 0 Å². The number of carbonyl (C=O) groups excluding carboxylic acids is 1. The molecule has 0 saturated carbocycles. The van der Waals surface area contributed by atoms with Crippen molar-refractivity contribution in [3.63, 3.8) is 0 Å². The van der Waals surface area contributed by atoms with Crippen molar-refractivity contribution in [3.05, 3.63) is 88.5 Å². The molecular formula is C23H18N6O3S. The van der Waals surface area contributed by atoms with Crippen LogP contribution in [0, 0.1) is 0 Å². The Hall–Kier alpha value is -4.31. The summed E-state index contributed by atoms with van der Waals surface area (Å²) in [6.45, 7) is 0.307. The van der Waals surface area contributed by atoms with Gasteiger partial charge in [-0.1, -0.05) is 23.5 Å². The van der Waals surface area contributed by atoms with Crippen molar-refractivity contribution in [1.29, 1.82) is 0 Å². The van der Waals surface area contributed by atoms with Gasteiger partial charge in [-0.2, -0.15) is 4.52 Å². The molecule has 10 heteroatoms. The third-order valence-electron chi connectivity index (χ3n) is 4.94. The summed E-state index contributed by atoms with van der Waals surface area (Å²) >= 11 is 1.24. The van der Waals surface area contributed by atoms with Gasteiger partial charge in [-0.15, -0.1) is 5.10 Å². The molecule has 5 rings (SSSR count). The molecule has 0 atom stereocenters. The fraction of sp³-hybridized carbons (Fsp3) is 0.0870. The van der Waals surface area contributed by atoms with Gasteiger partial charge in [0.15, 0.2) is 0 Å². The van der Waals surface area contributed by atoms with E-state index in [9.17, 15) is 9.59 Å². The van der Waals surface area contributed by atoms with E-state index < -0.39 is 0 Å². The number of carbonyl (C=O) groups is 1. The van der Waals surface area contributed by atoms with Crippen LogP contribution in [-0.4, -0.2) is 32.6 Å². The van der Waals surface area contributed by atoms with Crippen molar-refractivity contribution in [3.8, 4) is 5.75 Å². The molecule has 0 bridgehead atoms. The Balaban J connectivity index is 1.43. The number of ether oxygens (including phenoxy) is 1. The van der Waals surface area contributed by atoms with E-state index in [1.165, 1.54) is 15.9 Å². The second-order valence-corrected chi connectivity index (χ2v) is 8.07. The Morgan fingerprint density at radius 1 is 1.12 bits per heavy atom. The molecule has 0 aliphatic heterocycles. The first-order valence-corrected chi connectivity index (χ1v) is 10.9. The second-order valence-electron chi connectivity index (χ2n) is 7.11. The lowest BCUT2D eigenvalue weighted by Crippen LogP contribution is -2.23. The molecule has 0 saturated heterocycles. The molecule has 3 aromatic heterocycles. The number of fused-ring (bicyclic) bond motifs is 2. The Kier molecular flexibility index (Phi) is 5.41. The molecule has 0 aliphatic carbocycles. The number of pyridine rings is 1. The summed E-state index contributed by atoms with van der Waals surface area (Å²) in [6.07, 6.45) is 1.67. The van der Waals surface area contributed by atoms with Crippen LogP contribution in [0.5, 0.6) is 5.75 Å². The zero-order chi connectivity index (χ0) is 22.8. The van der Waals surface area contributed by atoms with E-state index in [-0.39, 0.29) is 11.5 Å². The maximum Gasteiger partial charge on any atom is 0.283 e. The number of hydrogen-bond acceptors (Lipinski definition) is 8. The van der Waals surface area contributed by atoms with E-state index in [0.717, 1.165) is 11.4 Å². The van der Waals surface area contributed by atoms with Gasteiger partial charge in [0, 0.05) is 23.5 Å². The van der Waals surface area contributed by atoms with Gasteiger partial charge < -0.3 is 15.4 Å². The molecule has 0 radical (unpaired) electrons. The molecule has 1 amide bonds. The largest absolute Gasteiger partial charge is 0.497 e. The van der Waals surface area contributed by atoms with E-state index in [2.05, 4.69) is 25.7 Å². The van der Waals surface area contributed by atoms with E-state index >= 15 is 0 Å². The van der Waals surface area contributed by atoms with Gasteiger partial charge in [0.05, 0.1) is 30.3 Å². The van der Waals surface area contributed by atoms with Crippen LogP contribution in [0.4, 0.5) is 10.8 Å². The number of amides is 1. The van der Waals surface area contributed by atoms with Crippen LogP contribution in [0.1, 0.15) is 16.1 Å². The van der Waals surface area contributed by atoms with Crippen molar-refractivity contribution in [1.82, 2.24) is 24.9 Å². The molecule has 3 heterocycles. The van der Waals surface area contributed by atoms with Gasteiger partial charge in [-0.3, -0.25) is 14.6 Å². The van der Waals surface area contributed by atoms with Crippen LogP contribution < -0.4 is 20.9 Å². The van der Waals surface area contributed by atoms with Crippen LogP contribution in [-0.2, 0) is 6.54 Å². The van der Waals surface area contributed by atoms with Gasteiger partial charge in [-0.25, -0.2) is 4.98 Å². The van der Waals surface area contributed by atoms with Crippen molar-refractivity contribution in [2.24, 2.45) is 0 Å². The Morgan fingerprint density at radius 2 is 2.03 bits per heavy atom. The number of nitrogens with one attached hydrogen (secondary N) is 2. The number of methoxy groups -OCH3 is 1. The lowest BCUT2D eigenvalue weighted by Gasteiger charge is -2.05. The minimum absolute atomic E-state index is 0.269. The monoisotopic (exact) mass is 458 g/mol. The summed E-state index contributed by atoms with van der Waals surface area (Å²) in [4.78, 5) is 34.7. The minimum atomic E-state index is -0.301. The fourth-order valence-corrected chi connectivity index (χ4v) is 4.12. The van der Waals surface area contributed by atoms with Crippen molar-refractivity contribution in [2.75, 3.05) is 12.4 Å². The predicted molar refractivity (Wildman–Crippen MR) is 126 cm³/mol. The molecule has 2 aromatic carbocycles. The van der Waals surface area contributed by atoms with Crippen molar-refractivity contribution in [2.45, 2.75) is 6.54 Å². The number of benzene rings is 2. The van der Waals surface area contributed by atoms with Gasteiger partial charge in [0.2, 0.25) is 10.1 Å². The second kappa shape index (κ2) is 8.67. The number of aromatic nitrogens is 4. The lowest BCUT2D eigenvalue weighted by atomic mass is 10.1. The molecule has 0 fully saturated rings.